The average molecular weight is 454 g/mol. The molecule has 0 aliphatic carbocycles. The molecule has 0 spiro atoms. The highest BCUT2D eigenvalue weighted by Crippen LogP contribution is 2.34. The SMILES string of the molecule is O=S(=O)(c1ccccc1OC(F)(F)F)N1CC(n2cc(COc3ccccc3)nn2)C1. The summed E-state index contributed by atoms with van der Waals surface area (Å²) in [5, 5.41) is 8.01. The van der Waals surface area contributed by atoms with Gasteiger partial charge in [-0.3, -0.25) is 0 Å². The average Bonchev–Trinajstić information content (AvgIpc) is 3.13. The van der Waals surface area contributed by atoms with Crippen LogP contribution in [0.2, 0.25) is 0 Å². The monoisotopic (exact) mass is 454 g/mol. The molecule has 0 N–H and O–H groups in total. The molecular weight excluding hydrogens is 437 g/mol. The molecule has 0 amide bonds. The second-order valence-corrected chi connectivity index (χ2v) is 8.67. The van der Waals surface area contributed by atoms with E-state index in [-0.39, 0.29) is 25.7 Å². The standard InChI is InChI=1S/C19H17F3N4O4S/c20-19(21,22)30-17-8-4-5-9-18(17)31(27,28)25-11-15(12-25)26-10-14(23-24-26)13-29-16-6-2-1-3-7-16/h1-10,15H,11-13H2. The second-order valence-electron chi connectivity index (χ2n) is 6.76. The molecule has 0 unspecified atom stereocenters. The number of para-hydroxylation sites is 2. The maximum atomic E-state index is 12.8. The molecule has 1 aliphatic rings. The van der Waals surface area contributed by atoms with E-state index in [1.807, 2.05) is 18.2 Å². The topological polar surface area (TPSA) is 86.6 Å². The molecule has 1 fully saturated rings. The van der Waals surface area contributed by atoms with E-state index in [4.69, 9.17) is 4.74 Å². The Morgan fingerprint density at radius 3 is 2.42 bits per heavy atom. The van der Waals surface area contributed by atoms with Gasteiger partial charge >= 0.3 is 6.36 Å². The van der Waals surface area contributed by atoms with E-state index in [9.17, 15) is 21.6 Å². The molecule has 4 rings (SSSR count). The van der Waals surface area contributed by atoms with Crippen LogP contribution in [-0.4, -0.2) is 47.2 Å². The molecule has 0 bridgehead atoms. The predicted octanol–water partition coefficient (Wildman–Crippen LogP) is 3.00. The van der Waals surface area contributed by atoms with Crippen LogP contribution >= 0.6 is 0 Å². The summed E-state index contributed by atoms with van der Waals surface area (Å²) in [5.74, 6) is -0.0859. The molecule has 164 valence electrons. The van der Waals surface area contributed by atoms with Gasteiger partial charge in [-0.2, -0.15) is 4.31 Å². The van der Waals surface area contributed by atoms with Crippen molar-refractivity contribution in [2.24, 2.45) is 0 Å². The Morgan fingerprint density at radius 2 is 1.71 bits per heavy atom. The number of sulfonamides is 1. The summed E-state index contributed by atoms with van der Waals surface area (Å²) in [4.78, 5) is -0.540. The molecule has 1 aliphatic heterocycles. The number of rotatable bonds is 7. The van der Waals surface area contributed by atoms with E-state index in [0.29, 0.717) is 11.4 Å². The first-order valence-corrected chi connectivity index (χ1v) is 10.6. The van der Waals surface area contributed by atoms with Gasteiger partial charge in [0.05, 0.1) is 12.2 Å². The van der Waals surface area contributed by atoms with Crippen molar-refractivity contribution >= 4 is 10.0 Å². The van der Waals surface area contributed by atoms with Crippen LogP contribution in [-0.2, 0) is 16.6 Å². The van der Waals surface area contributed by atoms with Crippen LogP contribution in [0.15, 0.2) is 65.7 Å². The first-order chi connectivity index (χ1) is 14.7. The van der Waals surface area contributed by atoms with Crippen molar-refractivity contribution in [3.05, 3.63) is 66.5 Å². The zero-order valence-electron chi connectivity index (χ0n) is 15.9. The molecule has 2 aromatic carbocycles. The van der Waals surface area contributed by atoms with Gasteiger partial charge in [-0.05, 0) is 24.3 Å². The van der Waals surface area contributed by atoms with E-state index in [1.54, 1.807) is 18.3 Å². The fraction of sp³-hybridized carbons (Fsp3) is 0.263. The fourth-order valence-corrected chi connectivity index (χ4v) is 4.65. The first-order valence-electron chi connectivity index (χ1n) is 9.16. The first kappa shape index (κ1) is 21.1. The third-order valence-electron chi connectivity index (χ3n) is 4.58. The van der Waals surface area contributed by atoms with Crippen molar-refractivity contribution in [1.82, 2.24) is 19.3 Å². The second kappa shape index (κ2) is 8.19. The normalized spacial score (nSPS) is 15.5. The van der Waals surface area contributed by atoms with Crippen LogP contribution in [0.25, 0.3) is 0 Å². The molecule has 8 nitrogen and oxygen atoms in total. The minimum Gasteiger partial charge on any atom is -0.487 e. The summed E-state index contributed by atoms with van der Waals surface area (Å²) in [6, 6.07) is 13.5. The van der Waals surface area contributed by atoms with Crippen LogP contribution in [0, 0.1) is 0 Å². The third-order valence-corrected chi connectivity index (χ3v) is 6.45. The minimum atomic E-state index is -5.00. The van der Waals surface area contributed by atoms with Gasteiger partial charge in [0.25, 0.3) is 0 Å². The Kier molecular flexibility index (Phi) is 5.58. The number of alkyl halides is 3. The van der Waals surface area contributed by atoms with Crippen molar-refractivity contribution < 1.29 is 31.1 Å². The maximum Gasteiger partial charge on any atom is 0.573 e. The Bertz CT molecular complexity index is 1150. The zero-order chi connectivity index (χ0) is 22.1. The van der Waals surface area contributed by atoms with E-state index in [0.717, 1.165) is 16.4 Å². The molecular formula is C19H17F3N4O4S. The van der Waals surface area contributed by atoms with Gasteiger partial charge in [0.2, 0.25) is 10.0 Å². The van der Waals surface area contributed by atoms with Gasteiger partial charge in [0.1, 0.15) is 28.7 Å². The summed E-state index contributed by atoms with van der Waals surface area (Å²) < 4.78 is 75.4. The molecule has 12 heteroatoms. The summed E-state index contributed by atoms with van der Waals surface area (Å²) in [6.07, 6.45) is -3.35. The quantitative estimate of drug-likeness (QED) is 0.546. The molecule has 0 saturated carbocycles. The van der Waals surface area contributed by atoms with Crippen molar-refractivity contribution in [1.29, 1.82) is 0 Å². The largest absolute Gasteiger partial charge is 0.573 e. The summed E-state index contributed by atoms with van der Waals surface area (Å²) in [7, 11) is -4.16. The summed E-state index contributed by atoms with van der Waals surface area (Å²) >= 11 is 0. The molecule has 0 atom stereocenters. The van der Waals surface area contributed by atoms with Gasteiger partial charge in [-0.25, -0.2) is 13.1 Å². The number of ether oxygens (including phenoxy) is 2. The third kappa shape index (κ3) is 4.80. The smallest absolute Gasteiger partial charge is 0.487 e. The Balaban J connectivity index is 1.40. The number of nitrogens with zero attached hydrogens (tertiary/aromatic N) is 4. The van der Waals surface area contributed by atoms with Crippen molar-refractivity contribution in [3.8, 4) is 11.5 Å². The lowest BCUT2D eigenvalue weighted by Crippen LogP contribution is -2.50. The lowest BCUT2D eigenvalue weighted by molar-refractivity contribution is -0.275. The van der Waals surface area contributed by atoms with Crippen molar-refractivity contribution in [2.45, 2.75) is 23.9 Å². The predicted molar refractivity (Wildman–Crippen MR) is 102 cm³/mol. The number of aromatic nitrogens is 3. The summed E-state index contributed by atoms with van der Waals surface area (Å²) in [6.45, 7) is 0.289. The van der Waals surface area contributed by atoms with Crippen LogP contribution in [0.1, 0.15) is 11.7 Å². The highest BCUT2D eigenvalue weighted by Gasteiger charge is 2.41. The van der Waals surface area contributed by atoms with E-state index in [1.165, 1.54) is 16.8 Å². The number of hydrogen-bond acceptors (Lipinski definition) is 6. The minimum absolute atomic E-state index is 0.0467. The highest BCUT2D eigenvalue weighted by molar-refractivity contribution is 7.89. The molecule has 2 heterocycles. The Hall–Kier alpha value is -3.12. The molecule has 3 aromatic rings. The van der Waals surface area contributed by atoms with Gasteiger partial charge in [-0.1, -0.05) is 35.5 Å². The number of benzene rings is 2. The fourth-order valence-electron chi connectivity index (χ4n) is 3.02. The Labute approximate surface area is 175 Å². The lowest BCUT2D eigenvalue weighted by atomic mass is 10.2. The van der Waals surface area contributed by atoms with Crippen LogP contribution in [0.5, 0.6) is 11.5 Å². The van der Waals surface area contributed by atoms with E-state index >= 15 is 0 Å². The van der Waals surface area contributed by atoms with Gasteiger partial charge in [0, 0.05) is 13.1 Å². The van der Waals surface area contributed by atoms with Crippen LogP contribution in [0.4, 0.5) is 13.2 Å². The molecule has 1 aromatic heterocycles. The molecule has 31 heavy (non-hydrogen) atoms. The summed E-state index contributed by atoms with van der Waals surface area (Å²) in [5.41, 5.74) is 0.564. The lowest BCUT2D eigenvalue weighted by Gasteiger charge is -2.37. The van der Waals surface area contributed by atoms with Crippen LogP contribution < -0.4 is 9.47 Å². The molecule has 1 saturated heterocycles. The number of halogens is 3. The van der Waals surface area contributed by atoms with Crippen molar-refractivity contribution in [2.75, 3.05) is 13.1 Å². The van der Waals surface area contributed by atoms with Gasteiger partial charge in [0.15, 0.2) is 0 Å². The zero-order valence-corrected chi connectivity index (χ0v) is 16.8. The molecule has 0 radical (unpaired) electrons. The highest BCUT2D eigenvalue weighted by atomic mass is 32.2. The number of hydrogen-bond donors (Lipinski definition) is 0. The maximum absolute atomic E-state index is 12.8. The van der Waals surface area contributed by atoms with Gasteiger partial charge < -0.3 is 9.47 Å². The van der Waals surface area contributed by atoms with E-state index < -0.39 is 27.0 Å². The van der Waals surface area contributed by atoms with Gasteiger partial charge in [-0.15, -0.1) is 18.3 Å². The van der Waals surface area contributed by atoms with Crippen LogP contribution in [0.3, 0.4) is 0 Å². The van der Waals surface area contributed by atoms with E-state index in [2.05, 4.69) is 15.0 Å². The van der Waals surface area contributed by atoms with Crippen molar-refractivity contribution in [3.63, 3.8) is 0 Å². The Morgan fingerprint density at radius 1 is 1.03 bits per heavy atom.